The van der Waals surface area contributed by atoms with Crippen LogP contribution in [0.2, 0.25) is 5.15 Å². The van der Waals surface area contributed by atoms with Crippen molar-refractivity contribution in [2.24, 2.45) is 0 Å². The molecule has 0 amide bonds. The third-order valence-electron chi connectivity index (χ3n) is 2.79. The molecular weight excluding hydrogens is 226 g/mol. The van der Waals surface area contributed by atoms with Crippen molar-refractivity contribution in [2.75, 3.05) is 0 Å². The summed E-state index contributed by atoms with van der Waals surface area (Å²) in [6.07, 6.45) is 7.09. The standard InChI is InChI=1S/C12H14ClNO2/c13-11-8-9(6-7-14-11)12(15)16-10-4-2-1-3-5-10/h6-8,10H,1-5H2. The number of carbonyl (C=O) groups is 1. The number of esters is 1. The number of hydrogen-bond donors (Lipinski definition) is 0. The van der Waals surface area contributed by atoms with Crippen LogP contribution in [0, 0.1) is 0 Å². The number of nitrogens with zero attached hydrogens (tertiary/aromatic N) is 1. The van der Waals surface area contributed by atoms with E-state index in [2.05, 4.69) is 4.98 Å². The van der Waals surface area contributed by atoms with E-state index in [1.807, 2.05) is 0 Å². The van der Waals surface area contributed by atoms with Gasteiger partial charge in [-0.05, 0) is 37.8 Å². The molecule has 86 valence electrons. The second-order valence-corrected chi connectivity index (χ2v) is 4.42. The largest absolute Gasteiger partial charge is 0.459 e. The Bertz CT molecular complexity index is 375. The molecule has 0 radical (unpaired) electrons. The van der Waals surface area contributed by atoms with Crippen molar-refractivity contribution in [2.45, 2.75) is 38.2 Å². The van der Waals surface area contributed by atoms with Crippen LogP contribution >= 0.6 is 11.6 Å². The van der Waals surface area contributed by atoms with E-state index >= 15 is 0 Å². The Hall–Kier alpha value is -1.09. The lowest BCUT2D eigenvalue weighted by Crippen LogP contribution is -2.20. The average molecular weight is 240 g/mol. The molecule has 0 spiro atoms. The fourth-order valence-corrected chi connectivity index (χ4v) is 2.11. The Balaban J connectivity index is 1.97. The number of ether oxygens (including phenoxy) is 1. The molecule has 1 aromatic heterocycles. The zero-order valence-electron chi connectivity index (χ0n) is 8.99. The molecule has 1 saturated carbocycles. The van der Waals surface area contributed by atoms with E-state index in [1.54, 1.807) is 6.07 Å². The van der Waals surface area contributed by atoms with Gasteiger partial charge in [-0.1, -0.05) is 18.0 Å². The topological polar surface area (TPSA) is 39.2 Å². The van der Waals surface area contributed by atoms with Crippen molar-refractivity contribution in [3.05, 3.63) is 29.0 Å². The number of halogens is 1. The van der Waals surface area contributed by atoms with Gasteiger partial charge in [-0.2, -0.15) is 0 Å². The van der Waals surface area contributed by atoms with Crippen LogP contribution in [0.5, 0.6) is 0 Å². The van der Waals surface area contributed by atoms with Gasteiger partial charge in [-0.25, -0.2) is 9.78 Å². The second kappa shape index (κ2) is 5.30. The van der Waals surface area contributed by atoms with Crippen molar-refractivity contribution in [3.8, 4) is 0 Å². The van der Waals surface area contributed by atoms with Crippen molar-refractivity contribution in [3.63, 3.8) is 0 Å². The minimum Gasteiger partial charge on any atom is -0.459 e. The van der Waals surface area contributed by atoms with E-state index in [4.69, 9.17) is 16.3 Å². The first kappa shape index (κ1) is 11.4. The molecule has 1 aliphatic carbocycles. The molecule has 1 heterocycles. The summed E-state index contributed by atoms with van der Waals surface area (Å²) in [7, 11) is 0. The highest BCUT2D eigenvalue weighted by atomic mass is 35.5. The van der Waals surface area contributed by atoms with Crippen LogP contribution in [0.25, 0.3) is 0 Å². The molecular formula is C12H14ClNO2. The lowest BCUT2D eigenvalue weighted by Gasteiger charge is -2.21. The van der Waals surface area contributed by atoms with Crippen molar-refractivity contribution < 1.29 is 9.53 Å². The van der Waals surface area contributed by atoms with Crippen molar-refractivity contribution in [1.82, 2.24) is 4.98 Å². The number of hydrogen-bond acceptors (Lipinski definition) is 3. The van der Waals surface area contributed by atoms with Gasteiger partial charge in [0.2, 0.25) is 0 Å². The molecule has 2 rings (SSSR count). The van der Waals surface area contributed by atoms with Crippen LogP contribution in [0.3, 0.4) is 0 Å². The Morgan fingerprint density at radius 3 is 2.81 bits per heavy atom. The summed E-state index contributed by atoms with van der Waals surface area (Å²) in [5.41, 5.74) is 0.477. The molecule has 4 heteroatoms. The van der Waals surface area contributed by atoms with Gasteiger partial charge in [-0.3, -0.25) is 0 Å². The van der Waals surface area contributed by atoms with E-state index in [9.17, 15) is 4.79 Å². The van der Waals surface area contributed by atoms with Gasteiger partial charge in [0.15, 0.2) is 0 Å². The van der Waals surface area contributed by atoms with Crippen LogP contribution in [0.1, 0.15) is 42.5 Å². The van der Waals surface area contributed by atoms with E-state index in [1.165, 1.54) is 18.7 Å². The van der Waals surface area contributed by atoms with Gasteiger partial charge in [0.1, 0.15) is 11.3 Å². The third kappa shape index (κ3) is 2.95. The average Bonchev–Trinajstić information content (AvgIpc) is 2.30. The molecule has 1 aromatic rings. The molecule has 3 nitrogen and oxygen atoms in total. The van der Waals surface area contributed by atoms with E-state index in [0.717, 1.165) is 25.7 Å². The SMILES string of the molecule is O=C(OC1CCCCC1)c1ccnc(Cl)c1. The second-order valence-electron chi connectivity index (χ2n) is 4.03. The lowest BCUT2D eigenvalue weighted by molar-refractivity contribution is 0.0211. The predicted octanol–water partition coefficient (Wildman–Crippen LogP) is 3.22. The van der Waals surface area contributed by atoms with Gasteiger partial charge >= 0.3 is 5.97 Å². The summed E-state index contributed by atoms with van der Waals surface area (Å²) in [4.78, 5) is 15.6. The van der Waals surface area contributed by atoms with Gasteiger partial charge in [0, 0.05) is 6.20 Å². The minimum atomic E-state index is -0.295. The summed E-state index contributed by atoms with van der Waals surface area (Å²) >= 11 is 5.71. The highest BCUT2D eigenvalue weighted by molar-refractivity contribution is 6.29. The minimum absolute atomic E-state index is 0.0770. The Labute approximate surface area is 99.8 Å². The zero-order valence-corrected chi connectivity index (χ0v) is 9.74. The van der Waals surface area contributed by atoms with E-state index in [0.29, 0.717) is 10.7 Å². The molecule has 0 unspecified atom stereocenters. The molecule has 0 aromatic carbocycles. The fourth-order valence-electron chi connectivity index (χ4n) is 1.93. The van der Waals surface area contributed by atoms with Crippen LogP contribution in [0.4, 0.5) is 0 Å². The number of carbonyl (C=O) groups excluding carboxylic acids is 1. The smallest absolute Gasteiger partial charge is 0.338 e. The first-order valence-corrected chi connectivity index (χ1v) is 5.96. The number of aromatic nitrogens is 1. The Morgan fingerprint density at radius 1 is 1.38 bits per heavy atom. The molecule has 0 saturated heterocycles. The summed E-state index contributed by atoms with van der Waals surface area (Å²) in [6.45, 7) is 0. The van der Waals surface area contributed by atoms with Crippen LogP contribution in [-0.4, -0.2) is 17.1 Å². The Kier molecular flexibility index (Phi) is 3.78. The highest BCUT2D eigenvalue weighted by Gasteiger charge is 2.18. The molecule has 1 aliphatic rings. The van der Waals surface area contributed by atoms with Crippen LogP contribution in [-0.2, 0) is 4.74 Å². The molecule has 0 aliphatic heterocycles. The van der Waals surface area contributed by atoms with Crippen LogP contribution in [0.15, 0.2) is 18.3 Å². The molecule has 0 bridgehead atoms. The normalized spacial score (nSPS) is 17.1. The summed E-state index contributed by atoms with van der Waals surface area (Å²) in [6, 6.07) is 3.16. The predicted molar refractivity (Wildman–Crippen MR) is 61.5 cm³/mol. The van der Waals surface area contributed by atoms with Crippen molar-refractivity contribution >= 4 is 17.6 Å². The third-order valence-corrected chi connectivity index (χ3v) is 2.99. The maximum atomic E-state index is 11.8. The quantitative estimate of drug-likeness (QED) is 0.588. The molecule has 0 atom stereocenters. The monoisotopic (exact) mass is 239 g/mol. The number of pyridine rings is 1. The fraction of sp³-hybridized carbons (Fsp3) is 0.500. The summed E-state index contributed by atoms with van der Waals surface area (Å²) in [5.74, 6) is -0.295. The lowest BCUT2D eigenvalue weighted by atomic mass is 9.98. The van der Waals surface area contributed by atoms with Gasteiger partial charge in [0.05, 0.1) is 5.56 Å². The zero-order chi connectivity index (χ0) is 11.4. The van der Waals surface area contributed by atoms with Gasteiger partial charge < -0.3 is 4.74 Å². The summed E-state index contributed by atoms with van der Waals surface area (Å²) < 4.78 is 5.41. The van der Waals surface area contributed by atoms with Crippen LogP contribution < -0.4 is 0 Å². The highest BCUT2D eigenvalue weighted by Crippen LogP contribution is 2.21. The first-order valence-electron chi connectivity index (χ1n) is 5.58. The summed E-state index contributed by atoms with van der Waals surface area (Å²) in [5, 5.41) is 0.318. The first-order chi connectivity index (χ1) is 7.75. The molecule has 0 N–H and O–H groups in total. The van der Waals surface area contributed by atoms with Gasteiger partial charge in [-0.15, -0.1) is 0 Å². The van der Waals surface area contributed by atoms with E-state index < -0.39 is 0 Å². The maximum absolute atomic E-state index is 11.8. The number of rotatable bonds is 2. The van der Waals surface area contributed by atoms with Gasteiger partial charge in [0.25, 0.3) is 0 Å². The van der Waals surface area contributed by atoms with E-state index in [-0.39, 0.29) is 12.1 Å². The molecule has 16 heavy (non-hydrogen) atoms. The van der Waals surface area contributed by atoms with Crippen molar-refractivity contribution in [1.29, 1.82) is 0 Å². The Morgan fingerprint density at radius 2 is 2.12 bits per heavy atom. The molecule has 1 fully saturated rings. The maximum Gasteiger partial charge on any atom is 0.338 e.